The Bertz CT molecular complexity index is 424. The van der Waals surface area contributed by atoms with Gasteiger partial charge in [0.1, 0.15) is 11.6 Å². The van der Waals surface area contributed by atoms with Crippen LogP contribution in [0, 0.1) is 0 Å². The van der Waals surface area contributed by atoms with Crippen molar-refractivity contribution in [2.45, 2.75) is 0 Å². The van der Waals surface area contributed by atoms with Crippen LogP contribution in [0.25, 0.3) is 10.9 Å². The molecule has 0 radical (unpaired) electrons. The van der Waals surface area contributed by atoms with Crippen LogP contribution in [0.1, 0.15) is 0 Å². The van der Waals surface area contributed by atoms with Crippen LogP contribution >= 0.6 is 0 Å². The lowest BCUT2D eigenvalue weighted by Gasteiger charge is -2.00. The number of rotatable bonds is 0. The summed E-state index contributed by atoms with van der Waals surface area (Å²) in [6.45, 7) is 0. The maximum Gasteiger partial charge on any atom is 0.135 e. The van der Waals surface area contributed by atoms with Gasteiger partial charge >= 0.3 is 0 Å². The zero-order chi connectivity index (χ0) is 8.55. The minimum atomic E-state index is 0.402. The van der Waals surface area contributed by atoms with Gasteiger partial charge in [-0.05, 0) is 12.1 Å². The molecule has 2 rings (SSSR count). The molecule has 0 spiro atoms. The number of pyridine rings is 2. The first-order valence-corrected chi connectivity index (χ1v) is 3.54. The van der Waals surface area contributed by atoms with Gasteiger partial charge in [0, 0.05) is 17.6 Å². The summed E-state index contributed by atoms with van der Waals surface area (Å²) in [5.41, 5.74) is 11.9. The molecule has 0 saturated heterocycles. The Kier molecular flexibility index (Phi) is 1.33. The molecule has 4 heteroatoms. The third-order valence-electron chi connectivity index (χ3n) is 1.65. The number of fused-ring (bicyclic) bond motifs is 1. The summed E-state index contributed by atoms with van der Waals surface area (Å²) in [5, 5.41) is 0.840. The number of nitrogens with two attached hydrogens (primary N) is 2. The molecule has 0 aliphatic rings. The van der Waals surface area contributed by atoms with Crippen LogP contribution in [0.4, 0.5) is 11.6 Å². The van der Waals surface area contributed by atoms with Gasteiger partial charge in [-0.3, -0.25) is 4.98 Å². The first kappa shape index (κ1) is 6.84. The monoisotopic (exact) mass is 160 g/mol. The van der Waals surface area contributed by atoms with E-state index in [1.54, 1.807) is 12.3 Å². The van der Waals surface area contributed by atoms with E-state index in [4.69, 9.17) is 11.5 Å². The van der Waals surface area contributed by atoms with E-state index in [1.165, 1.54) is 0 Å². The predicted molar refractivity (Wildman–Crippen MR) is 48.4 cm³/mol. The standard InChI is InChI=1S/C8H8N4/c9-7-4-6-5(8(10)12-7)2-1-3-11-6/h1-4H,(H4,9,10,12). The van der Waals surface area contributed by atoms with Gasteiger partial charge < -0.3 is 11.5 Å². The molecule has 4 N–H and O–H groups in total. The van der Waals surface area contributed by atoms with Gasteiger partial charge in [0.15, 0.2) is 0 Å². The van der Waals surface area contributed by atoms with E-state index in [0.717, 1.165) is 10.9 Å². The second-order valence-corrected chi connectivity index (χ2v) is 2.50. The molecule has 2 aromatic heterocycles. The first-order valence-electron chi connectivity index (χ1n) is 3.54. The highest BCUT2D eigenvalue weighted by Crippen LogP contribution is 2.18. The molecule has 2 aromatic rings. The molecule has 60 valence electrons. The van der Waals surface area contributed by atoms with Gasteiger partial charge in [-0.15, -0.1) is 0 Å². The molecule has 0 amide bonds. The average Bonchev–Trinajstić information content (AvgIpc) is 2.04. The molecule has 0 atom stereocenters. The highest BCUT2D eigenvalue weighted by molar-refractivity contribution is 5.89. The Balaban J connectivity index is 2.89. The quantitative estimate of drug-likeness (QED) is 0.597. The Morgan fingerprint density at radius 3 is 2.92 bits per heavy atom. The fourth-order valence-electron chi connectivity index (χ4n) is 1.12. The summed E-state index contributed by atoms with van der Waals surface area (Å²) >= 11 is 0. The smallest absolute Gasteiger partial charge is 0.135 e. The van der Waals surface area contributed by atoms with Gasteiger partial charge in [0.25, 0.3) is 0 Å². The zero-order valence-electron chi connectivity index (χ0n) is 6.36. The average molecular weight is 160 g/mol. The lowest BCUT2D eigenvalue weighted by Crippen LogP contribution is -1.97. The van der Waals surface area contributed by atoms with Crippen molar-refractivity contribution in [2.75, 3.05) is 11.5 Å². The molecule has 0 aliphatic heterocycles. The van der Waals surface area contributed by atoms with Gasteiger partial charge in [0.05, 0.1) is 5.52 Å². The number of anilines is 2. The summed E-state index contributed by atoms with van der Waals surface area (Å²) in [4.78, 5) is 8.02. The minimum absolute atomic E-state index is 0.402. The number of hydrogen-bond acceptors (Lipinski definition) is 4. The van der Waals surface area contributed by atoms with Crippen LogP contribution in [0.2, 0.25) is 0 Å². The van der Waals surface area contributed by atoms with Gasteiger partial charge in [-0.1, -0.05) is 0 Å². The first-order chi connectivity index (χ1) is 5.77. The topological polar surface area (TPSA) is 77.8 Å². The Morgan fingerprint density at radius 2 is 2.08 bits per heavy atom. The van der Waals surface area contributed by atoms with E-state index in [1.807, 2.05) is 12.1 Å². The third-order valence-corrected chi connectivity index (χ3v) is 1.65. The van der Waals surface area contributed by atoms with Crippen molar-refractivity contribution in [2.24, 2.45) is 0 Å². The van der Waals surface area contributed by atoms with E-state index >= 15 is 0 Å². The number of hydrogen-bond donors (Lipinski definition) is 2. The Morgan fingerprint density at radius 1 is 1.25 bits per heavy atom. The SMILES string of the molecule is Nc1cc2ncccc2c(N)n1. The molecule has 0 fully saturated rings. The Labute approximate surface area is 69.2 Å². The Hall–Kier alpha value is -1.84. The number of nitrogen functional groups attached to an aromatic ring is 2. The van der Waals surface area contributed by atoms with E-state index in [-0.39, 0.29) is 0 Å². The highest BCUT2D eigenvalue weighted by Gasteiger charge is 1.99. The maximum absolute atomic E-state index is 5.63. The van der Waals surface area contributed by atoms with Crippen molar-refractivity contribution < 1.29 is 0 Å². The molecule has 12 heavy (non-hydrogen) atoms. The number of aromatic nitrogens is 2. The van der Waals surface area contributed by atoms with Crippen LogP contribution < -0.4 is 11.5 Å². The van der Waals surface area contributed by atoms with Crippen molar-refractivity contribution in [3.63, 3.8) is 0 Å². The van der Waals surface area contributed by atoms with Crippen LogP contribution in [0.15, 0.2) is 24.4 Å². The largest absolute Gasteiger partial charge is 0.384 e. The van der Waals surface area contributed by atoms with E-state index in [0.29, 0.717) is 11.6 Å². The van der Waals surface area contributed by atoms with Crippen LogP contribution in [0.5, 0.6) is 0 Å². The van der Waals surface area contributed by atoms with Crippen molar-refractivity contribution in [3.05, 3.63) is 24.4 Å². The second kappa shape index (κ2) is 2.34. The molecule has 0 bridgehead atoms. The summed E-state index contributed by atoms with van der Waals surface area (Å²) in [7, 11) is 0. The van der Waals surface area contributed by atoms with Gasteiger partial charge in [-0.25, -0.2) is 4.98 Å². The van der Waals surface area contributed by atoms with E-state index in [9.17, 15) is 0 Å². The fraction of sp³-hybridized carbons (Fsp3) is 0. The van der Waals surface area contributed by atoms with Crippen LogP contribution in [0.3, 0.4) is 0 Å². The molecule has 0 aromatic carbocycles. The summed E-state index contributed by atoms with van der Waals surface area (Å²) in [6, 6.07) is 5.38. The molecule has 4 nitrogen and oxygen atoms in total. The van der Waals surface area contributed by atoms with Crippen molar-refractivity contribution in [1.82, 2.24) is 9.97 Å². The van der Waals surface area contributed by atoms with Crippen molar-refractivity contribution >= 4 is 22.5 Å². The molecule has 0 unspecified atom stereocenters. The lowest BCUT2D eigenvalue weighted by molar-refractivity contribution is 1.34. The molecule has 0 saturated carbocycles. The molecular formula is C8H8N4. The normalized spacial score (nSPS) is 10.3. The van der Waals surface area contributed by atoms with Crippen molar-refractivity contribution in [1.29, 1.82) is 0 Å². The molecular weight excluding hydrogens is 152 g/mol. The van der Waals surface area contributed by atoms with Gasteiger partial charge in [-0.2, -0.15) is 0 Å². The van der Waals surface area contributed by atoms with Crippen LogP contribution in [-0.2, 0) is 0 Å². The number of nitrogens with zero attached hydrogens (tertiary/aromatic N) is 2. The summed E-state index contributed by atoms with van der Waals surface area (Å²) in [6.07, 6.45) is 1.70. The fourth-order valence-corrected chi connectivity index (χ4v) is 1.12. The second-order valence-electron chi connectivity index (χ2n) is 2.50. The zero-order valence-corrected chi connectivity index (χ0v) is 6.36. The lowest BCUT2D eigenvalue weighted by atomic mass is 10.2. The van der Waals surface area contributed by atoms with E-state index < -0.39 is 0 Å². The van der Waals surface area contributed by atoms with Gasteiger partial charge in [0.2, 0.25) is 0 Å². The van der Waals surface area contributed by atoms with Crippen molar-refractivity contribution in [3.8, 4) is 0 Å². The highest BCUT2D eigenvalue weighted by atomic mass is 14.9. The molecule has 2 heterocycles. The molecule has 0 aliphatic carbocycles. The minimum Gasteiger partial charge on any atom is -0.384 e. The van der Waals surface area contributed by atoms with E-state index in [2.05, 4.69) is 9.97 Å². The van der Waals surface area contributed by atoms with Crippen LogP contribution in [-0.4, -0.2) is 9.97 Å². The predicted octanol–water partition coefficient (Wildman–Crippen LogP) is 0.794. The summed E-state index contributed by atoms with van der Waals surface area (Å²) in [5.74, 6) is 0.830. The third kappa shape index (κ3) is 0.934. The maximum atomic E-state index is 5.63. The summed E-state index contributed by atoms with van der Waals surface area (Å²) < 4.78 is 0.